The number of hydrogen-bond donors (Lipinski definition) is 1. The Labute approximate surface area is 137 Å². The second-order valence-corrected chi connectivity index (χ2v) is 4.68. The van der Waals surface area contributed by atoms with Crippen LogP contribution < -0.4 is 5.32 Å². The van der Waals surface area contributed by atoms with Crippen molar-refractivity contribution < 1.29 is 24.0 Å². The van der Waals surface area contributed by atoms with Crippen molar-refractivity contribution in [3.63, 3.8) is 0 Å². The maximum Gasteiger partial charge on any atom is 0.338 e. The zero-order valence-electron chi connectivity index (χ0n) is 12.9. The molecule has 24 heavy (non-hydrogen) atoms. The number of nitrogens with zero attached hydrogens (tertiary/aromatic N) is 1. The Morgan fingerprint density at radius 2 is 1.62 bits per heavy atom. The average Bonchev–Trinajstić information content (AvgIpc) is 2.60. The van der Waals surface area contributed by atoms with E-state index in [2.05, 4.69) is 14.8 Å². The lowest BCUT2D eigenvalue weighted by molar-refractivity contribution is -0.383. The topological polar surface area (TPSA) is 108 Å². The van der Waals surface area contributed by atoms with E-state index in [4.69, 9.17) is 0 Å². The highest BCUT2D eigenvalue weighted by Gasteiger charge is 2.18. The molecule has 2 aromatic carbocycles. The lowest BCUT2D eigenvalue weighted by atomic mass is 10.1. The van der Waals surface area contributed by atoms with Gasteiger partial charge in [0.1, 0.15) is 5.69 Å². The van der Waals surface area contributed by atoms with Crippen molar-refractivity contribution in [1.29, 1.82) is 0 Å². The minimum absolute atomic E-state index is 0.0676. The highest BCUT2D eigenvalue weighted by Crippen LogP contribution is 2.29. The molecule has 0 aromatic heterocycles. The molecule has 0 aliphatic heterocycles. The lowest BCUT2D eigenvalue weighted by Crippen LogP contribution is -2.05. The fourth-order valence-electron chi connectivity index (χ4n) is 2.03. The largest absolute Gasteiger partial charge is 0.465 e. The Hall–Kier alpha value is -3.42. The first kappa shape index (κ1) is 16.9. The Morgan fingerprint density at radius 1 is 1.00 bits per heavy atom. The predicted molar refractivity (Wildman–Crippen MR) is 85.5 cm³/mol. The first-order chi connectivity index (χ1) is 11.5. The Balaban J connectivity index is 2.37. The smallest absolute Gasteiger partial charge is 0.338 e. The molecule has 1 N–H and O–H groups in total. The van der Waals surface area contributed by atoms with Gasteiger partial charge in [0.15, 0.2) is 0 Å². The third kappa shape index (κ3) is 3.67. The molecule has 0 saturated carbocycles. The van der Waals surface area contributed by atoms with Gasteiger partial charge in [0.05, 0.1) is 30.3 Å². The SMILES string of the molecule is COC(=O)c1cccc(Nc2ccc(C(=O)OC)cc2[N+](=O)[O-])c1. The highest BCUT2D eigenvalue weighted by molar-refractivity contribution is 5.92. The normalized spacial score (nSPS) is 9.92. The Bertz CT molecular complexity index is 803. The molecule has 0 bridgehead atoms. The summed E-state index contributed by atoms with van der Waals surface area (Å²) >= 11 is 0. The van der Waals surface area contributed by atoms with Gasteiger partial charge in [-0.15, -0.1) is 0 Å². The van der Waals surface area contributed by atoms with Crippen molar-refractivity contribution in [2.75, 3.05) is 19.5 Å². The minimum Gasteiger partial charge on any atom is -0.465 e. The second kappa shape index (κ2) is 7.23. The van der Waals surface area contributed by atoms with E-state index in [0.717, 1.165) is 6.07 Å². The van der Waals surface area contributed by atoms with E-state index >= 15 is 0 Å². The molecule has 0 radical (unpaired) electrons. The van der Waals surface area contributed by atoms with E-state index in [0.29, 0.717) is 11.3 Å². The van der Waals surface area contributed by atoms with Crippen molar-refractivity contribution in [3.05, 3.63) is 63.7 Å². The Morgan fingerprint density at radius 3 is 2.21 bits per heavy atom. The molecule has 0 aliphatic rings. The van der Waals surface area contributed by atoms with Crippen LogP contribution in [0.2, 0.25) is 0 Å². The van der Waals surface area contributed by atoms with E-state index in [1.807, 2.05) is 0 Å². The van der Waals surface area contributed by atoms with Gasteiger partial charge in [0.25, 0.3) is 5.69 Å². The van der Waals surface area contributed by atoms with Crippen LogP contribution in [0.3, 0.4) is 0 Å². The van der Waals surface area contributed by atoms with E-state index < -0.39 is 16.9 Å². The second-order valence-electron chi connectivity index (χ2n) is 4.68. The van der Waals surface area contributed by atoms with E-state index in [1.54, 1.807) is 18.2 Å². The predicted octanol–water partition coefficient (Wildman–Crippen LogP) is 2.91. The molecule has 8 nitrogen and oxygen atoms in total. The van der Waals surface area contributed by atoms with Gasteiger partial charge in [-0.3, -0.25) is 10.1 Å². The van der Waals surface area contributed by atoms with Crippen LogP contribution >= 0.6 is 0 Å². The van der Waals surface area contributed by atoms with Crippen LogP contribution in [0, 0.1) is 10.1 Å². The van der Waals surface area contributed by atoms with E-state index in [-0.39, 0.29) is 16.9 Å². The molecular weight excluding hydrogens is 316 g/mol. The number of rotatable bonds is 5. The van der Waals surface area contributed by atoms with Crippen LogP contribution in [0.15, 0.2) is 42.5 Å². The van der Waals surface area contributed by atoms with Crippen LogP contribution in [-0.2, 0) is 9.47 Å². The number of nitro groups is 1. The van der Waals surface area contributed by atoms with Crippen LogP contribution in [-0.4, -0.2) is 31.1 Å². The minimum atomic E-state index is -0.669. The fraction of sp³-hybridized carbons (Fsp3) is 0.125. The first-order valence-corrected chi connectivity index (χ1v) is 6.78. The average molecular weight is 330 g/mol. The van der Waals surface area contributed by atoms with E-state index in [9.17, 15) is 19.7 Å². The molecule has 0 unspecified atom stereocenters. The van der Waals surface area contributed by atoms with Gasteiger partial charge in [-0.2, -0.15) is 0 Å². The maximum absolute atomic E-state index is 11.5. The molecule has 124 valence electrons. The molecule has 8 heteroatoms. The number of ether oxygens (including phenoxy) is 2. The number of nitro benzene ring substituents is 1. The summed E-state index contributed by atoms with van der Waals surface area (Å²) in [6, 6.07) is 10.3. The number of benzene rings is 2. The molecule has 0 aliphatic carbocycles. The van der Waals surface area contributed by atoms with Crippen molar-refractivity contribution in [1.82, 2.24) is 0 Å². The fourth-order valence-corrected chi connectivity index (χ4v) is 2.03. The van der Waals surface area contributed by atoms with Crippen molar-refractivity contribution in [2.45, 2.75) is 0 Å². The van der Waals surface area contributed by atoms with Gasteiger partial charge >= 0.3 is 11.9 Å². The lowest BCUT2D eigenvalue weighted by Gasteiger charge is -2.09. The first-order valence-electron chi connectivity index (χ1n) is 6.78. The van der Waals surface area contributed by atoms with Gasteiger partial charge in [-0.1, -0.05) is 6.07 Å². The number of methoxy groups -OCH3 is 2. The molecule has 0 heterocycles. The van der Waals surface area contributed by atoms with Crippen molar-refractivity contribution in [3.8, 4) is 0 Å². The summed E-state index contributed by atoms with van der Waals surface area (Å²) in [5.41, 5.74) is 0.720. The molecule has 2 aromatic rings. The summed E-state index contributed by atoms with van der Waals surface area (Å²) < 4.78 is 9.18. The zero-order chi connectivity index (χ0) is 17.7. The molecule has 0 saturated heterocycles. The van der Waals surface area contributed by atoms with Gasteiger partial charge < -0.3 is 14.8 Å². The summed E-state index contributed by atoms with van der Waals surface area (Å²) in [5.74, 6) is -1.19. The highest BCUT2D eigenvalue weighted by atomic mass is 16.6. The van der Waals surface area contributed by atoms with Crippen LogP contribution in [0.25, 0.3) is 0 Å². The zero-order valence-corrected chi connectivity index (χ0v) is 12.9. The van der Waals surface area contributed by atoms with Crippen molar-refractivity contribution in [2.24, 2.45) is 0 Å². The molecule has 2 rings (SSSR count). The van der Waals surface area contributed by atoms with Crippen LogP contribution in [0.5, 0.6) is 0 Å². The third-order valence-electron chi connectivity index (χ3n) is 3.18. The number of esters is 2. The number of carbonyl (C=O) groups excluding carboxylic acids is 2. The van der Waals surface area contributed by atoms with Gasteiger partial charge in [-0.05, 0) is 30.3 Å². The third-order valence-corrected chi connectivity index (χ3v) is 3.18. The summed E-state index contributed by atoms with van der Waals surface area (Å²) in [6.45, 7) is 0. The number of hydrogen-bond acceptors (Lipinski definition) is 7. The summed E-state index contributed by atoms with van der Waals surface area (Å²) in [4.78, 5) is 33.7. The van der Waals surface area contributed by atoms with E-state index in [1.165, 1.54) is 32.4 Å². The van der Waals surface area contributed by atoms with Gasteiger partial charge in [-0.25, -0.2) is 9.59 Å². The van der Waals surface area contributed by atoms with Crippen LogP contribution in [0.1, 0.15) is 20.7 Å². The number of anilines is 2. The molecule has 0 spiro atoms. The summed E-state index contributed by atoms with van der Waals surface area (Å²) in [7, 11) is 2.46. The number of carbonyl (C=O) groups is 2. The molecule has 0 amide bonds. The Kier molecular flexibility index (Phi) is 5.10. The molecular formula is C16H14N2O6. The maximum atomic E-state index is 11.5. The van der Waals surface area contributed by atoms with Crippen LogP contribution in [0.4, 0.5) is 17.1 Å². The molecule has 0 fully saturated rings. The van der Waals surface area contributed by atoms with Gasteiger partial charge in [0, 0.05) is 11.8 Å². The van der Waals surface area contributed by atoms with Crippen molar-refractivity contribution >= 4 is 29.0 Å². The quantitative estimate of drug-likeness (QED) is 0.510. The monoisotopic (exact) mass is 330 g/mol. The summed E-state index contributed by atoms with van der Waals surface area (Å²) in [5, 5.41) is 14.1. The summed E-state index contributed by atoms with van der Waals surface area (Å²) in [6.07, 6.45) is 0. The number of nitrogens with one attached hydrogen (secondary N) is 1. The standard InChI is InChI=1S/C16H14N2O6/c1-23-15(19)10-4-3-5-12(8-10)17-13-7-6-11(16(20)24-2)9-14(13)18(21)22/h3-9,17H,1-2H3. The van der Waals surface area contributed by atoms with Gasteiger partial charge in [0.2, 0.25) is 0 Å². The molecule has 0 atom stereocenters.